The summed E-state index contributed by atoms with van der Waals surface area (Å²) in [6.07, 6.45) is 0.836. The zero-order valence-electron chi connectivity index (χ0n) is 13.1. The minimum Gasteiger partial charge on any atom is -0.489 e. The van der Waals surface area contributed by atoms with E-state index in [0.717, 1.165) is 23.3 Å². The molecule has 0 spiro atoms. The molecule has 0 aliphatic carbocycles. The first-order valence-corrected chi connectivity index (χ1v) is 8.00. The van der Waals surface area contributed by atoms with Crippen molar-refractivity contribution in [2.75, 3.05) is 6.61 Å². The molecule has 0 unspecified atom stereocenters. The van der Waals surface area contributed by atoms with Gasteiger partial charge >= 0.3 is 0 Å². The number of halogens is 2. The smallest absolute Gasteiger partial charge is 0.124 e. The highest BCUT2D eigenvalue weighted by molar-refractivity contribution is 6.30. The fourth-order valence-electron chi connectivity index (χ4n) is 2.16. The largest absolute Gasteiger partial charge is 0.489 e. The monoisotopic (exact) mass is 337 g/mol. The standard InChI is InChI=1S/C18H21ClFNO2/c1-2-17(11-22)21-10-14-9-15(19)5-8-18(14)23-12-13-3-6-16(20)7-4-13/h3-9,17,21-22H,2,10-12H2,1H3/t17-/m1/s1. The Labute approximate surface area is 141 Å². The van der Waals surface area contributed by atoms with Gasteiger partial charge in [-0.2, -0.15) is 0 Å². The van der Waals surface area contributed by atoms with Gasteiger partial charge in [0.25, 0.3) is 0 Å². The molecular weight excluding hydrogens is 317 g/mol. The summed E-state index contributed by atoms with van der Waals surface area (Å²) in [6.45, 7) is 3.01. The van der Waals surface area contributed by atoms with Crippen LogP contribution in [0.25, 0.3) is 0 Å². The van der Waals surface area contributed by atoms with Gasteiger partial charge in [-0.15, -0.1) is 0 Å². The molecule has 1 atom stereocenters. The number of rotatable bonds is 8. The van der Waals surface area contributed by atoms with Crippen molar-refractivity contribution in [3.63, 3.8) is 0 Å². The topological polar surface area (TPSA) is 41.5 Å². The number of aliphatic hydroxyl groups excluding tert-OH is 1. The lowest BCUT2D eigenvalue weighted by Gasteiger charge is -2.17. The average molecular weight is 338 g/mol. The molecule has 0 aliphatic heterocycles. The summed E-state index contributed by atoms with van der Waals surface area (Å²) < 4.78 is 18.8. The molecule has 0 amide bonds. The molecule has 124 valence electrons. The van der Waals surface area contributed by atoms with E-state index in [0.29, 0.717) is 18.2 Å². The highest BCUT2D eigenvalue weighted by Gasteiger charge is 2.09. The van der Waals surface area contributed by atoms with Gasteiger partial charge in [-0.25, -0.2) is 4.39 Å². The molecule has 0 aliphatic rings. The second kappa shape index (κ2) is 8.87. The van der Waals surface area contributed by atoms with Gasteiger partial charge < -0.3 is 15.2 Å². The van der Waals surface area contributed by atoms with Crippen molar-refractivity contribution >= 4 is 11.6 Å². The van der Waals surface area contributed by atoms with Crippen molar-refractivity contribution < 1.29 is 14.2 Å². The van der Waals surface area contributed by atoms with Crippen molar-refractivity contribution in [1.82, 2.24) is 5.32 Å². The highest BCUT2D eigenvalue weighted by Crippen LogP contribution is 2.24. The fraction of sp³-hybridized carbons (Fsp3) is 0.333. The van der Waals surface area contributed by atoms with Crippen LogP contribution in [0.4, 0.5) is 4.39 Å². The van der Waals surface area contributed by atoms with E-state index in [1.165, 1.54) is 12.1 Å². The van der Waals surface area contributed by atoms with E-state index in [-0.39, 0.29) is 18.5 Å². The van der Waals surface area contributed by atoms with Crippen LogP contribution in [0, 0.1) is 5.82 Å². The van der Waals surface area contributed by atoms with Crippen LogP contribution in [-0.4, -0.2) is 17.8 Å². The normalized spacial score (nSPS) is 12.2. The van der Waals surface area contributed by atoms with Gasteiger partial charge in [-0.05, 0) is 42.3 Å². The molecule has 2 N–H and O–H groups in total. The van der Waals surface area contributed by atoms with Crippen LogP contribution in [0.2, 0.25) is 5.02 Å². The molecule has 2 aromatic carbocycles. The highest BCUT2D eigenvalue weighted by atomic mass is 35.5. The lowest BCUT2D eigenvalue weighted by molar-refractivity contribution is 0.237. The molecule has 0 saturated heterocycles. The number of nitrogens with one attached hydrogen (secondary N) is 1. The van der Waals surface area contributed by atoms with E-state index >= 15 is 0 Å². The quantitative estimate of drug-likeness (QED) is 0.767. The summed E-state index contributed by atoms with van der Waals surface area (Å²) in [5, 5.41) is 13.2. The predicted molar refractivity (Wildman–Crippen MR) is 90.2 cm³/mol. The third-order valence-electron chi connectivity index (χ3n) is 3.62. The molecular formula is C18H21ClFNO2. The maximum Gasteiger partial charge on any atom is 0.124 e. The first kappa shape index (κ1) is 17.7. The Balaban J connectivity index is 2.04. The molecule has 3 nitrogen and oxygen atoms in total. The van der Waals surface area contributed by atoms with Gasteiger partial charge in [0.15, 0.2) is 0 Å². The molecule has 0 bridgehead atoms. The van der Waals surface area contributed by atoms with E-state index in [1.54, 1.807) is 18.2 Å². The van der Waals surface area contributed by atoms with Crippen molar-refractivity contribution in [1.29, 1.82) is 0 Å². The summed E-state index contributed by atoms with van der Waals surface area (Å²) in [5.74, 6) is 0.457. The number of ether oxygens (including phenoxy) is 1. The predicted octanol–water partition coefficient (Wildman–Crippen LogP) is 3.92. The van der Waals surface area contributed by atoms with Crippen LogP contribution in [0.3, 0.4) is 0 Å². The van der Waals surface area contributed by atoms with Gasteiger partial charge in [0.1, 0.15) is 18.2 Å². The van der Waals surface area contributed by atoms with E-state index in [9.17, 15) is 9.50 Å². The molecule has 0 radical (unpaired) electrons. The third-order valence-corrected chi connectivity index (χ3v) is 3.86. The number of hydrogen-bond donors (Lipinski definition) is 2. The lowest BCUT2D eigenvalue weighted by atomic mass is 10.1. The Bertz CT molecular complexity index is 615. The second-order valence-electron chi connectivity index (χ2n) is 5.34. The minimum absolute atomic E-state index is 0.0407. The Hall–Kier alpha value is -1.62. The maximum absolute atomic E-state index is 12.9. The fourth-order valence-corrected chi connectivity index (χ4v) is 2.36. The summed E-state index contributed by atoms with van der Waals surface area (Å²) in [6, 6.07) is 11.7. The average Bonchev–Trinajstić information content (AvgIpc) is 2.56. The number of aliphatic hydroxyl groups is 1. The first-order valence-electron chi connectivity index (χ1n) is 7.62. The van der Waals surface area contributed by atoms with E-state index in [2.05, 4.69) is 5.32 Å². The number of benzene rings is 2. The molecule has 0 heterocycles. The lowest BCUT2D eigenvalue weighted by Crippen LogP contribution is -2.31. The van der Waals surface area contributed by atoms with Gasteiger partial charge in [-0.1, -0.05) is 30.7 Å². The van der Waals surface area contributed by atoms with Gasteiger partial charge in [-0.3, -0.25) is 0 Å². The van der Waals surface area contributed by atoms with Gasteiger partial charge in [0.05, 0.1) is 6.61 Å². The van der Waals surface area contributed by atoms with Crippen LogP contribution < -0.4 is 10.1 Å². The molecule has 0 fully saturated rings. The van der Waals surface area contributed by atoms with Crippen LogP contribution in [-0.2, 0) is 13.2 Å². The molecule has 23 heavy (non-hydrogen) atoms. The molecule has 2 rings (SSSR count). The van der Waals surface area contributed by atoms with Crippen LogP contribution in [0.5, 0.6) is 5.75 Å². The van der Waals surface area contributed by atoms with Crippen molar-refractivity contribution in [2.45, 2.75) is 32.5 Å². The van der Waals surface area contributed by atoms with Crippen LogP contribution >= 0.6 is 11.6 Å². The molecule has 2 aromatic rings. The SMILES string of the molecule is CC[C@H](CO)NCc1cc(Cl)ccc1OCc1ccc(F)cc1. The molecule has 5 heteroatoms. The zero-order valence-corrected chi connectivity index (χ0v) is 13.8. The van der Waals surface area contributed by atoms with Crippen molar-refractivity contribution in [3.8, 4) is 5.75 Å². The zero-order chi connectivity index (χ0) is 16.7. The third kappa shape index (κ3) is 5.50. The molecule has 0 aromatic heterocycles. The van der Waals surface area contributed by atoms with Crippen molar-refractivity contribution in [2.24, 2.45) is 0 Å². The Kier molecular flexibility index (Phi) is 6.84. The second-order valence-corrected chi connectivity index (χ2v) is 5.77. The van der Waals surface area contributed by atoms with Crippen molar-refractivity contribution in [3.05, 3.63) is 64.4 Å². The number of hydrogen-bond acceptors (Lipinski definition) is 3. The van der Waals surface area contributed by atoms with Gasteiger partial charge in [0, 0.05) is 23.2 Å². The van der Waals surface area contributed by atoms with E-state index < -0.39 is 0 Å². The minimum atomic E-state index is -0.264. The summed E-state index contributed by atoms with van der Waals surface area (Å²) >= 11 is 6.06. The van der Waals surface area contributed by atoms with E-state index in [4.69, 9.17) is 16.3 Å². The Morgan fingerprint density at radius 2 is 1.96 bits per heavy atom. The Morgan fingerprint density at radius 1 is 1.22 bits per heavy atom. The van der Waals surface area contributed by atoms with Gasteiger partial charge in [0.2, 0.25) is 0 Å². The Morgan fingerprint density at radius 3 is 2.61 bits per heavy atom. The first-order chi connectivity index (χ1) is 11.1. The van der Waals surface area contributed by atoms with Crippen LogP contribution in [0.15, 0.2) is 42.5 Å². The maximum atomic E-state index is 12.9. The van der Waals surface area contributed by atoms with Crippen LogP contribution in [0.1, 0.15) is 24.5 Å². The summed E-state index contributed by atoms with van der Waals surface area (Å²) in [5.41, 5.74) is 1.81. The summed E-state index contributed by atoms with van der Waals surface area (Å²) in [4.78, 5) is 0. The van der Waals surface area contributed by atoms with E-state index in [1.807, 2.05) is 19.1 Å². The molecule has 0 saturated carbocycles. The summed E-state index contributed by atoms with van der Waals surface area (Å²) in [7, 11) is 0.